The molecule has 3 aromatic carbocycles. The van der Waals surface area contributed by atoms with Gasteiger partial charge in [-0.15, -0.1) is 0 Å². The second kappa shape index (κ2) is 8.76. The Bertz CT molecular complexity index is 1010. The Morgan fingerprint density at radius 2 is 1.82 bits per heavy atom. The second-order valence-electron chi connectivity index (χ2n) is 6.44. The van der Waals surface area contributed by atoms with Crippen molar-refractivity contribution in [1.29, 1.82) is 0 Å². The monoisotopic (exact) mass is 396 g/mol. The molecule has 3 aromatic rings. The summed E-state index contributed by atoms with van der Waals surface area (Å²) in [7, 11) is 1.52. The van der Waals surface area contributed by atoms with Gasteiger partial charge in [0.05, 0.1) is 18.6 Å². The van der Waals surface area contributed by atoms with Crippen LogP contribution in [0.1, 0.15) is 12.5 Å². The lowest BCUT2D eigenvalue weighted by Crippen LogP contribution is -2.42. The number of carbonyl (C=O) groups is 2. The van der Waals surface area contributed by atoms with E-state index in [1.54, 1.807) is 25.1 Å². The van der Waals surface area contributed by atoms with Gasteiger partial charge in [-0.1, -0.05) is 54.1 Å². The van der Waals surface area contributed by atoms with Gasteiger partial charge in [0.15, 0.2) is 0 Å². The minimum atomic E-state index is -0.691. The molecule has 28 heavy (non-hydrogen) atoms. The Labute approximate surface area is 168 Å². The van der Waals surface area contributed by atoms with E-state index in [2.05, 4.69) is 10.6 Å². The lowest BCUT2D eigenvalue weighted by molar-refractivity contribution is -0.125. The molecule has 144 valence electrons. The average molecular weight is 397 g/mol. The number of hydrogen-bond donors (Lipinski definition) is 2. The molecule has 0 heterocycles. The maximum atomic E-state index is 12.4. The first-order chi connectivity index (χ1) is 13.5. The topological polar surface area (TPSA) is 67.4 Å². The van der Waals surface area contributed by atoms with Crippen LogP contribution in [0, 0.1) is 0 Å². The molecule has 0 aromatic heterocycles. The molecule has 0 aliphatic heterocycles. The maximum Gasteiger partial charge on any atom is 0.246 e. The van der Waals surface area contributed by atoms with Crippen LogP contribution < -0.4 is 15.4 Å². The van der Waals surface area contributed by atoms with Gasteiger partial charge < -0.3 is 15.4 Å². The molecule has 3 rings (SSSR count). The molecule has 0 radical (unpaired) electrons. The van der Waals surface area contributed by atoms with Gasteiger partial charge >= 0.3 is 0 Å². The summed E-state index contributed by atoms with van der Waals surface area (Å²) in [5.41, 5.74) is 1.45. The van der Waals surface area contributed by atoms with Gasteiger partial charge in [0.25, 0.3) is 0 Å². The highest BCUT2D eigenvalue weighted by Gasteiger charge is 2.17. The number of carbonyl (C=O) groups excluding carboxylic acids is 2. The molecule has 0 bridgehead atoms. The van der Waals surface area contributed by atoms with Gasteiger partial charge in [0.2, 0.25) is 11.8 Å². The number of benzene rings is 3. The Hall–Kier alpha value is -3.05. The van der Waals surface area contributed by atoms with E-state index in [0.717, 1.165) is 16.3 Å². The molecule has 0 saturated carbocycles. The van der Waals surface area contributed by atoms with Gasteiger partial charge in [-0.2, -0.15) is 0 Å². The lowest BCUT2D eigenvalue weighted by atomic mass is 10.0. The van der Waals surface area contributed by atoms with E-state index in [0.29, 0.717) is 16.5 Å². The average Bonchev–Trinajstić information content (AvgIpc) is 2.68. The summed E-state index contributed by atoms with van der Waals surface area (Å²) in [6.45, 7) is 1.64. The Morgan fingerprint density at radius 3 is 2.57 bits per heavy atom. The molecule has 1 atom stereocenters. The van der Waals surface area contributed by atoms with Crippen molar-refractivity contribution in [3.8, 4) is 5.75 Å². The predicted octanol–water partition coefficient (Wildman–Crippen LogP) is 4.19. The molecule has 0 fully saturated rings. The van der Waals surface area contributed by atoms with Crippen molar-refractivity contribution >= 4 is 39.9 Å². The smallest absolute Gasteiger partial charge is 0.246 e. The minimum Gasteiger partial charge on any atom is -0.495 e. The molecular weight excluding hydrogens is 376 g/mol. The zero-order valence-electron chi connectivity index (χ0n) is 15.7. The van der Waals surface area contributed by atoms with E-state index in [4.69, 9.17) is 16.3 Å². The van der Waals surface area contributed by atoms with Crippen LogP contribution in [0.15, 0.2) is 60.7 Å². The first-order valence-corrected chi connectivity index (χ1v) is 9.26. The first-order valence-electron chi connectivity index (χ1n) is 8.88. The number of fused-ring (bicyclic) bond motifs is 1. The predicted molar refractivity (Wildman–Crippen MR) is 112 cm³/mol. The van der Waals surface area contributed by atoms with E-state index in [1.807, 2.05) is 42.5 Å². The molecule has 0 aliphatic rings. The summed E-state index contributed by atoms with van der Waals surface area (Å²) in [4.78, 5) is 24.8. The van der Waals surface area contributed by atoms with E-state index in [1.165, 1.54) is 7.11 Å². The number of amides is 2. The Kier molecular flexibility index (Phi) is 6.16. The van der Waals surface area contributed by atoms with E-state index in [-0.39, 0.29) is 18.2 Å². The largest absolute Gasteiger partial charge is 0.495 e. The number of anilines is 1. The van der Waals surface area contributed by atoms with Gasteiger partial charge in [-0.25, -0.2) is 0 Å². The summed E-state index contributed by atoms with van der Waals surface area (Å²) in [5.74, 6) is -0.0182. The van der Waals surface area contributed by atoms with Crippen LogP contribution in [-0.4, -0.2) is 25.0 Å². The highest BCUT2D eigenvalue weighted by atomic mass is 35.5. The van der Waals surface area contributed by atoms with Crippen molar-refractivity contribution in [3.05, 3.63) is 71.2 Å². The normalized spacial score (nSPS) is 11.7. The quantitative estimate of drug-likeness (QED) is 0.656. The molecule has 2 N–H and O–H groups in total. The third-order valence-electron chi connectivity index (χ3n) is 4.42. The fourth-order valence-corrected chi connectivity index (χ4v) is 3.23. The fraction of sp³-hybridized carbons (Fsp3) is 0.182. The Balaban J connectivity index is 1.62. The highest BCUT2D eigenvalue weighted by Crippen LogP contribution is 2.27. The van der Waals surface area contributed by atoms with Crippen molar-refractivity contribution in [2.45, 2.75) is 19.4 Å². The molecule has 2 amide bonds. The molecule has 0 unspecified atom stereocenters. The van der Waals surface area contributed by atoms with Crippen LogP contribution in [0.25, 0.3) is 10.8 Å². The number of halogens is 1. The van der Waals surface area contributed by atoms with Crippen molar-refractivity contribution in [2.75, 3.05) is 12.4 Å². The molecule has 0 aliphatic carbocycles. The van der Waals surface area contributed by atoms with Crippen molar-refractivity contribution in [2.24, 2.45) is 0 Å². The molecule has 6 heteroatoms. The molecular formula is C22H21ClN2O3. The minimum absolute atomic E-state index is 0.202. The van der Waals surface area contributed by atoms with Crippen LogP contribution in [0.5, 0.6) is 5.75 Å². The van der Waals surface area contributed by atoms with Crippen molar-refractivity contribution in [1.82, 2.24) is 5.32 Å². The summed E-state index contributed by atoms with van der Waals surface area (Å²) >= 11 is 6.07. The fourth-order valence-electron chi connectivity index (χ4n) is 2.97. The van der Waals surface area contributed by atoms with Crippen LogP contribution in [-0.2, 0) is 16.0 Å². The van der Waals surface area contributed by atoms with Crippen LogP contribution in [0.4, 0.5) is 5.69 Å². The van der Waals surface area contributed by atoms with Crippen molar-refractivity contribution in [3.63, 3.8) is 0 Å². The summed E-state index contributed by atoms with van der Waals surface area (Å²) in [5, 5.41) is 7.99. The SMILES string of the molecule is COc1ccc(NC(=O)[C@@H](C)NC(=O)Cc2cccc3ccccc23)cc1Cl. The zero-order chi connectivity index (χ0) is 20.1. The van der Waals surface area contributed by atoms with E-state index in [9.17, 15) is 9.59 Å². The maximum absolute atomic E-state index is 12.4. The van der Waals surface area contributed by atoms with Crippen LogP contribution in [0.2, 0.25) is 5.02 Å². The second-order valence-corrected chi connectivity index (χ2v) is 6.85. The number of ether oxygens (including phenoxy) is 1. The standard InChI is InChI=1S/C22H21ClN2O3/c1-14(22(27)25-17-10-11-20(28-2)19(23)13-17)24-21(26)12-16-8-5-7-15-6-3-4-9-18(15)16/h3-11,13-14H,12H2,1-2H3,(H,24,26)(H,25,27)/t14-/m1/s1. The number of nitrogens with one attached hydrogen (secondary N) is 2. The third kappa shape index (κ3) is 4.61. The van der Waals surface area contributed by atoms with Crippen LogP contribution >= 0.6 is 11.6 Å². The molecule has 5 nitrogen and oxygen atoms in total. The Morgan fingerprint density at radius 1 is 1.07 bits per heavy atom. The number of methoxy groups -OCH3 is 1. The van der Waals surface area contributed by atoms with Gasteiger partial charge in [0.1, 0.15) is 11.8 Å². The van der Waals surface area contributed by atoms with E-state index >= 15 is 0 Å². The van der Waals surface area contributed by atoms with Crippen LogP contribution in [0.3, 0.4) is 0 Å². The highest BCUT2D eigenvalue weighted by molar-refractivity contribution is 6.32. The first kappa shape index (κ1) is 19.7. The van der Waals surface area contributed by atoms with Gasteiger partial charge in [-0.3, -0.25) is 9.59 Å². The van der Waals surface area contributed by atoms with Gasteiger partial charge in [-0.05, 0) is 41.5 Å². The van der Waals surface area contributed by atoms with Crippen molar-refractivity contribution < 1.29 is 14.3 Å². The summed E-state index contributed by atoms with van der Waals surface area (Å²) in [6.07, 6.45) is 0.202. The molecule has 0 saturated heterocycles. The van der Waals surface area contributed by atoms with E-state index < -0.39 is 6.04 Å². The number of hydrogen-bond acceptors (Lipinski definition) is 3. The third-order valence-corrected chi connectivity index (χ3v) is 4.72. The number of rotatable bonds is 6. The molecule has 0 spiro atoms. The lowest BCUT2D eigenvalue weighted by Gasteiger charge is -2.15. The summed E-state index contributed by atoms with van der Waals surface area (Å²) in [6, 6.07) is 18.0. The zero-order valence-corrected chi connectivity index (χ0v) is 16.4. The van der Waals surface area contributed by atoms with Gasteiger partial charge in [0, 0.05) is 5.69 Å². The summed E-state index contributed by atoms with van der Waals surface area (Å²) < 4.78 is 5.09.